The maximum absolute atomic E-state index is 3.58. The van der Waals surface area contributed by atoms with Crippen molar-refractivity contribution in [2.24, 2.45) is 0 Å². The molecule has 0 unspecified atom stereocenters. The van der Waals surface area contributed by atoms with Gasteiger partial charge in [-0.2, -0.15) is 11.8 Å². The van der Waals surface area contributed by atoms with Crippen LogP contribution in [-0.4, -0.2) is 28.9 Å². The molecule has 13 heavy (non-hydrogen) atoms. The molecule has 0 radical (unpaired) electrons. The highest BCUT2D eigenvalue weighted by atomic mass is 79.9. The van der Waals surface area contributed by atoms with Gasteiger partial charge in [0.1, 0.15) is 0 Å². The second-order valence-corrected chi connectivity index (χ2v) is 5.99. The molecular formula is C10H22BrNS. The molecule has 0 heterocycles. The third kappa shape index (κ3) is 9.10. The van der Waals surface area contributed by atoms with Crippen molar-refractivity contribution in [2.75, 3.05) is 23.4 Å². The molecule has 3 heteroatoms. The van der Waals surface area contributed by atoms with Gasteiger partial charge in [-0.05, 0) is 44.7 Å². The van der Waals surface area contributed by atoms with Gasteiger partial charge in [0, 0.05) is 10.9 Å². The first-order valence-electron chi connectivity index (χ1n) is 5.01. The van der Waals surface area contributed by atoms with Gasteiger partial charge in [-0.25, -0.2) is 0 Å². The first-order chi connectivity index (χ1) is 6.12. The molecule has 0 aliphatic carbocycles. The molecule has 0 aromatic carbocycles. The average molecular weight is 268 g/mol. The van der Waals surface area contributed by atoms with E-state index in [1.165, 1.54) is 24.3 Å². The van der Waals surface area contributed by atoms with Crippen molar-refractivity contribution in [1.29, 1.82) is 0 Å². The van der Waals surface area contributed by atoms with E-state index in [4.69, 9.17) is 0 Å². The number of hydrogen-bond acceptors (Lipinski definition) is 2. The van der Waals surface area contributed by atoms with E-state index in [-0.39, 0.29) is 0 Å². The van der Waals surface area contributed by atoms with Crippen molar-refractivity contribution in [3.05, 3.63) is 0 Å². The first kappa shape index (κ1) is 13.8. The van der Waals surface area contributed by atoms with Crippen LogP contribution in [0, 0.1) is 0 Å². The Hall–Kier alpha value is 0.790. The number of rotatable bonds is 8. The molecule has 0 aromatic heterocycles. The van der Waals surface area contributed by atoms with Crippen molar-refractivity contribution in [3.63, 3.8) is 0 Å². The van der Waals surface area contributed by atoms with Gasteiger partial charge in [0.25, 0.3) is 0 Å². The standard InChI is InChI=1S/C10H22BrNS/c1-4-13-9-5-8-12-10(2,3)6-7-11/h12H,4-9H2,1-3H3. The number of thioether (sulfide) groups is 1. The summed E-state index contributed by atoms with van der Waals surface area (Å²) in [5, 5.41) is 4.66. The Kier molecular flexibility index (Phi) is 8.62. The lowest BCUT2D eigenvalue weighted by Gasteiger charge is -2.25. The zero-order chi connectivity index (χ0) is 10.2. The molecule has 0 fully saturated rings. The molecule has 0 bridgehead atoms. The van der Waals surface area contributed by atoms with Gasteiger partial charge >= 0.3 is 0 Å². The Morgan fingerprint density at radius 1 is 1.38 bits per heavy atom. The molecule has 0 amide bonds. The van der Waals surface area contributed by atoms with Crippen LogP contribution in [0.4, 0.5) is 0 Å². The van der Waals surface area contributed by atoms with Crippen LogP contribution in [0.5, 0.6) is 0 Å². The van der Waals surface area contributed by atoms with Crippen LogP contribution in [0.3, 0.4) is 0 Å². The zero-order valence-electron chi connectivity index (χ0n) is 9.03. The Morgan fingerprint density at radius 2 is 2.08 bits per heavy atom. The third-order valence-electron chi connectivity index (χ3n) is 1.99. The molecule has 0 saturated carbocycles. The van der Waals surface area contributed by atoms with Crippen LogP contribution in [0.25, 0.3) is 0 Å². The average Bonchev–Trinajstić information content (AvgIpc) is 2.04. The molecule has 0 rings (SSSR count). The lowest BCUT2D eigenvalue weighted by Crippen LogP contribution is -2.40. The number of nitrogens with one attached hydrogen (secondary N) is 1. The second-order valence-electron chi connectivity index (χ2n) is 3.80. The minimum atomic E-state index is 0.292. The quantitative estimate of drug-likeness (QED) is 0.535. The Bertz CT molecular complexity index is 117. The summed E-state index contributed by atoms with van der Waals surface area (Å²) in [6.45, 7) is 7.89. The van der Waals surface area contributed by atoms with E-state index in [2.05, 4.69) is 42.0 Å². The van der Waals surface area contributed by atoms with Crippen molar-refractivity contribution in [3.8, 4) is 0 Å². The zero-order valence-corrected chi connectivity index (χ0v) is 11.4. The molecule has 0 aromatic rings. The maximum Gasteiger partial charge on any atom is 0.0133 e. The van der Waals surface area contributed by atoms with Crippen LogP contribution < -0.4 is 5.32 Å². The summed E-state index contributed by atoms with van der Waals surface area (Å²) >= 11 is 5.50. The Balaban J connectivity index is 3.29. The summed E-state index contributed by atoms with van der Waals surface area (Å²) in [5.41, 5.74) is 0.292. The lowest BCUT2D eigenvalue weighted by atomic mass is 10.0. The Labute approximate surface area is 95.6 Å². The maximum atomic E-state index is 3.58. The highest BCUT2D eigenvalue weighted by Gasteiger charge is 2.14. The fraction of sp³-hybridized carbons (Fsp3) is 1.00. The summed E-state index contributed by atoms with van der Waals surface area (Å²) in [6.07, 6.45) is 2.47. The predicted octanol–water partition coefficient (Wildman–Crippen LogP) is 3.28. The second kappa shape index (κ2) is 8.13. The molecule has 0 spiro atoms. The Morgan fingerprint density at radius 3 is 2.62 bits per heavy atom. The largest absolute Gasteiger partial charge is 0.312 e. The molecular weight excluding hydrogens is 246 g/mol. The van der Waals surface area contributed by atoms with E-state index in [0.717, 1.165) is 11.9 Å². The summed E-state index contributed by atoms with van der Waals surface area (Å²) in [7, 11) is 0. The summed E-state index contributed by atoms with van der Waals surface area (Å²) in [4.78, 5) is 0. The van der Waals surface area contributed by atoms with Gasteiger partial charge in [-0.1, -0.05) is 22.9 Å². The normalized spacial score (nSPS) is 12.0. The van der Waals surface area contributed by atoms with Crippen LogP contribution >= 0.6 is 27.7 Å². The number of hydrogen-bond donors (Lipinski definition) is 1. The number of halogens is 1. The topological polar surface area (TPSA) is 12.0 Å². The van der Waals surface area contributed by atoms with E-state index in [0.29, 0.717) is 5.54 Å². The minimum Gasteiger partial charge on any atom is -0.312 e. The van der Waals surface area contributed by atoms with Crippen molar-refractivity contribution >= 4 is 27.7 Å². The summed E-state index contributed by atoms with van der Waals surface area (Å²) < 4.78 is 0. The van der Waals surface area contributed by atoms with Crippen molar-refractivity contribution in [1.82, 2.24) is 5.32 Å². The van der Waals surface area contributed by atoms with Gasteiger partial charge < -0.3 is 5.32 Å². The van der Waals surface area contributed by atoms with Gasteiger partial charge in [0.2, 0.25) is 0 Å². The highest BCUT2D eigenvalue weighted by Crippen LogP contribution is 2.10. The molecule has 0 saturated heterocycles. The SMILES string of the molecule is CCSCCCNC(C)(C)CCBr. The summed E-state index contributed by atoms with van der Waals surface area (Å²) in [5.74, 6) is 2.53. The van der Waals surface area contributed by atoms with Crippen molar-refractivity contribution < 1.29 is 0 Å². The minimum absolute atomic E-state index is 0.292. The van der Waals surface area contributed by atoms with Crippen molar-refractivity contribution in [2.45, 2.75) is 39.2 Å². The predicted molar refractivity (Wildman–Crippen MR) is 68.1 cm³/mol. The third-order valence-corrected chi connectivity index (χ3v) is 3.37. The molecule has 1 N–H and O–H groups in total. The van der Waals surface area contributed by atoms with Gasteiger partial charge in [-0.15, -0.1) is 0 Å². The fourth-order valence-corrected chi connectivity index (χ4v) is 2.70. The lowest BCUT2D eigenvalue weighted by molar-refractivity contribution is 0.382. The molecule has 0 aliphatic rings. The first-order valence-corrected chi connectivity index (χ1v) is 7.28. The van der Waals surface area contributed by atoms with Gasteiger partial charge in [0.15, 0.2) is 0 Å². The number of alkyl halides is 1. The van der Waals surface area contributed by atoms with E-state index in [1.807, 2.05) is 11.8 Å². The monoisotopic (exact) mass is 267 g/mol. The van der Waals surface area contributed by atoms with E-state index < -0.39 is 0 Å². The van der Waals surface area contributed by atoms with Crippen LogP contribution in [0.1, 0.15) is 33.6 Å². The molecule has 0 atom stereocenters. The fourth-order valence-electron chi connectivity index (χ4n) is 1.07. The molecule has 1 nitrogen and oxygen atoms in total. The smallest absolute Gasteiger partial charge is 0.0133 e. The van der Waals surface area contributed by atoms with E-state index in [1.54, 1.807) is 0 Å². The van der Waals surface area contributed by atoms with Gasteiger partial charge in [-0.3, -0.25) is 0 Å². The van der Waals surface area contributed by atoms with Crippen LogP contribution in [0.2, 0.25) is 0 Å². The molecule has 80 valence electrons. The highest BCUT2D eigenvalue weighted by molar-refractivity contribution is 9.09. The summed E-state index contributed by atoms with van der Waals surface area (Å²) in [6, 6.07) is 0. The van der Waals surface area contributed by atoms with E-state index in [9.17, 15) is 0 Å². The van der Waals surface area contributed by atoms with Crippen LogP contribution in [0.15, 0.2) is 0 Å². The molecule has 0 aliphatic heterocycles. The van der Waals surface area contributed by atoms with Crippen LogP contribution in [-0.2, 0) is 0 Å². The van der Waals surface area contributed by atoms with E-state index >= 15 is 0 Å². The van der Waals surface area contributed by atoms with Gasteiger partial charge in [0.05, 0.1) is 0 Å².